The van der Waals surface area contributed by atoms with Crippen molar-refractivity contribution in [2.75, 3.05) is 7.11 Å². The summed E-state index contributed by atoms with van der Waals surface area (Å²) in [5.74, 6) is -0.394. The molecule has 0 radical (unpaired) electrons. The number of methoxy groups -OCH3 is 1. The zero-order valence-corrected chi connectivity index (χ0v) is 8.65. The van der Waals surface area contributed by atoms with Gasteiger partial charge in [-0.1, -0.05) is 12.1 Å². The number of carbonyl (C=O) groups excluding carboxylic acids is 1. The van der Waals surface area contributed by atoms with Crippen LogP contribution >= 0.6 is 0 Å². The van der Waals surface area contributed by atoms with E-state index in [1.807, 2.05) is 12.1 Å². The molecule has 0 saturated carbocycles. The second-order valence-electron chi connectivity index (χ2n) is 3.04. The van der Waals surface area contributed by atoms with Crippen molar-refractivity contribution in [3.63, 3.8) is 0 Å². The van der Waals surface area contributed by atoms with E-state index in [9.17, 15) is 4.79 Å². The molecule has 0 aliphatic rings. The summed E-state index contributed by atoms with van der Waals surface area (Å²) in [6, 6.07) is 9.12. The van der Waals surface area contributed by atoms with E-state index in [4.69, 9.17) is 5.26 Å². The fourth-order valence-corrected chi connectivity index (χ4v) is 1.15. The predicted molar refractivity (Wildman–Crippen MR) is 56.8 cm³/mol. The molecule has 0 aliphatic carbocycles. The van der Waals surface area contributed by atoms with Crippen LogP contribution < -0.4 is 0 Å². The average molecular weight is 201 g/mol. The molecule has 0 aromatic heterocycles. The van der Waals surface area contributed by atoms with Crippen LogP contribution in [-0.4, -0.2) is 13.1 Å². The van der Waals surface area contributed by atoms with Crippen LogP contribution in [-0.2, 0) is 9.53 Å². The minimum absolute atomic E-state index is 0.394. The molecule has 76 valence electrons. The van der Waals surface area contributed by atoms with E-state index < -0.39 is 5.97 Å². The van der Waals surface area contributed by atoms with Crippen LogP contribution in [0.5, 0.6) is 0 Å². The molecule has 0 heterocycles. The molecule has 3 nitrogen and oxygen atoms in total. The van der Waals surface area contributed by atoms with Crippen molar-refractivity contribution in [1.82, 2.24) is 0 Å². The molecule has 0 fully saturated rings. The summed E-state index contributed by atoms with van der Waals surface area (Å²) in [4.78, 5) is 11.0. The number of hydrogen-bond acceptors (Lipinski definition) is 3. The molecule has 0 amide bonds. The van der Waals surface area contributed by atoms with Gasteiger partial charge in [0.05, 0.1) is 18.7 Å². The van der Waals surface area contributed by atoms with Crippen molar-refractivity contribution in [2.24, 2.45) is 0 Å². The Morgan fingerprint density at radius 1 is 1.53 bits per heavy atom. The maximum atomic E-state index is 11.0. The number of esters is 1. The number of rotatable bonds is 2. The molecule has 3 heteroatoms. The third-order valence-corrected chi connectivity index (χ3v) is 1.98. The SMILES string of the molecule is COC(=O)/C=C(\C)c1cccc(C#N)c1. The standard InChI is InChI=1S/C12H11NO2/c1-9(6-12(14)15-2)11-5-3-4-10(7-11)8-13/h3-7H,1-2H3/b9-6+. The smallest absolute Gasteiger partial charge is 0.330 e. The molecular formula is C12H11NO2. The Labute approximate surface area is 88.6 Å². The van der Waals surface area contributed by atoms with Crippen molar-refractivity contribution in [2.45, 2.75) is 6.92 Å². The van der Waals surface area contributed by atoms with Crippen molar-refractivity contribution in [1.29, 1.82) is 5.26 Å². The molecule has 0 bridgehead atoms. The quantitative estimate of drug-likeness (QED) is 0.544. The van der Waals surface area contributed by atoms with Gasteiger partial charge in [-0.15, -0.1) is 0 Å². The average Bonchev–Trinajstić information content (AvgIpc) is 2.28. The van der Waals surface area contributed by atoms with Crippen LogP contribution in [0.1, 0.15) is 18.1 Å². The highest BCUT2D eigenvalue weighted by Crippen LogP contribution is 2.14. The second kappa shape index (κ2) is 4.97. The zero-order valence-electron chi connectivity index (χ0n) is 8.65. The molecule has 15 heavy (non-hydrogen) atoms. The highest BCUT2D eigenvalue weighted by atomic mass is 16.5. The summed E-state index contributed by atoms with van der Waals surface area (Å²) in [6.07, 6.45) is 1.40. The summed E-state index contributed by atoms with van der Waals surface area (Å²) in [5.41, 5.74) is 2.20. The minimum atomic E-state index is -0.394. The fraction of sp³-hybridized carbons (Fsp3) is 0.167. The monoisotopic (exact) mass is 201 g/mol. The van der Waals surface area contributed by atoms with Crippen LogP contribution in [0.3, 0.4) is 0 Å². The lowest BCUT2D eigenvalue weighted by Crippen LogP contribution is -1.95. The summed E-state index contributed by atoms with van der Waals surface area (Å²) < 4.78 is 4.52. The van der Waals surface area contributed by atoms with Gasteiger partial charge >= 0.3 is 5.97 Å². The molecule has 1 rings (SSSR count). The highest BCUT2D eigenvalue weighted by Gasteiger charge is 2.00. The number of ether oxygens (including phenoxy) is 1. The third kappa shape index (κ3) is 2.96. The van der Waals surface area contributed by atoms with Crippen LogP contribution in [0, 0.1) is 11.3 Å². The molecule has 0 aliphatic heterocycles. The van der Waals surface area contributed by atoms with Gasteiger partial charge in [-0.3, -0.25) is 0 Å². The summed E-state index contributed by atoms with van der Waals surface area (Å²) in [6.45, 7) is 1.80. The van der Waals surface area contributed by atoms with Gasteiger partial charge in [0.2, 0.25) is 0 Å². The van der Waals surface area contributed by atoms with Crippen molar-refractivity contribution in [3.05, 3.63) is 41.5 Å². The maximum absolute atomic E-state index is 11.0. The topological polar surface area (TPSA) is 50.1 Å². The van der Waals surface area contributed by atoms with E-state index in [1.165, 1.54) is 13.2 Å². The van der Waals surface area contributed by atoms with E-state index in [2.05, 4.69) is 4.74 Å². The first kappa shape index (κ1) is 11.0. The lowest BCUT2D eigenvalue weighted by Gasteiger charge is -2.01. The fourth-order valence-electron chi connectivity index (χ4n) is 1.15. The summed E-state index contributed by atoms with van der Waals surface area (Å²) in [5, 5.41) is 8.71. The van der Waals surface area contributed by atoms with E-state index in [1.54, 1.807) is 25.1 Å². The van der Waals surface area contributed by atoms with Gasteiger partial charge in [-0.05, 0) is 30.2 Å². The van der Waals surface area contributed by atoms with Crippen LogP contribution in [0.15, 0.2) is 30.3 Å². The van der Waals surface area contributed by atoms with Gasteiger partial charge in [-0.25, -0.2) is 4.79 Å². The molecule has 0 saturated heterocycles. The molecule has 0 unspecified atom stereocenters. The first-order chi connectivity index (χ1) is 7.17. The molecule has 0 atom stereocenters. The number of carbonyl (C=O) groups is 1. The van der Waals surface area contributed by atoms with Gasteiger partial charge in [0.25, 0.3) is 0 Å². The third-order valence-electron chi connectivity index (χ3n) is 1.98. The van der Waals surface area contributed by atoms with Crippen molar-refractivity contribution >= 4 is 11.5 Å². The first-order valence-corrected chi connectivity index (χ1v) is 4.44. The summed E-state index contributed by atoms with van der Waals surface area (Å²) in [7, 11) is 1.33. The van der Waals surface area contributed by atoms with Gasteiger partial charge in [0, 0.05) is 6.08 Å². The van der Waals surface area contributed by atoms with E-state index >= 15 is 0 Å². The van der Waals surface area contributed by atoms with Gasteiger partial charge in [0.15, 0.2) is 0 Å². The Morgan fingerprint density at radius 3 is 2.87 bits per heavy atom. The molecular weight excluding hydrogens is 190 g/mol. The number of nitrogens with zero attached hydrogens (tertiary/aromatic N) is 1. The van der Waals surface area contributed by atoms with E-state index in [0.717, 1.165) is 11.1 Å². The Morgan fingerprint density at radius 2 is 2.27 bits per heavy atom. The normalized spacial score (nSPS) is 10.6. The Kier molecular flexibility index (Phi) is 3.64. The van der Waals surface area contributed by atoms with Crippen LogP contribution in [0.4, 0.5) is 0 Å². The van der Waals surface area contributed by atoms with Crippen molar-refractivity contribution in [3.8, 4) is 6.07 Å². The van der Waals surface area contributed by atoms with Gasteiger partial charge in [-0.2, -0.15) is 5.26 Å². The Balaban J connectivity index is 3.01. The lowest BCUT2D eigenvalue weighted by molar-refractivity contribution is -0.134. The van der Waals surface area contributed by atoms with E-state index in [-0.39, 0.29) is 0 Å². The zero-order chi connectivity index (χ0) is 11.3. The van der Waals surface area contributed by atoms with Crippen LogP contribution in [0.25, 0.3) is 5.57 Å². The predicted octanol–water partition coefficient (Wildman–Crippen LogP) is 2.13. The highest BCUT2D eigenvalue weighted by molar-refractivity contribution is 5.90. The van der Waals surface area contributed by atoms with Crippen LogP contribution in [0.2, 0.25) is 0 Å². The number of benzene rings is 1. The molecule has 0 spiro atoms. The summed E-state index contributed by atoms with van der Waals surface area (Å²) >= 11 is 0. The lowest BCUT2D eigenvalue weighted by atomic mass is 10.0. The van der Waals surface area contributed by atoms with Gasteiger partial charge in [0.1, 0.15) is 0 Å². The largest absolute Gasteiger partial charge is 0.466 e. The molecule has 1 aromatic carbocycles. The Hall–Kier alpha value is -2.08. The minimum Gasteiger partial charge on any atom is -0.466 e. The van der Waals surface area contributed by atoms with E-state index in [0.29, 0.717) is 5.56 Å². The second-order valence-corrected chi connectivity index (χ2v) is 3.04. The number of allylic oxidation sites excluding steroid dienone is 1. The number of nitriles is 1. The Bertz CT molecular complexity index is 441. The van der Waals surface area contributed by atoms with Crippen molar-refractivity contribution < 1.29 is 9.53 Å². The first-order valence-electron chi connectivity index (χ1n) is 4.44. The number of hydrogen-bond donors (Lipinski definition) is 0. The molecule has 0 N–H and O–H groups in total. The maximum Gasteiger partial charge on any atom is 0.330 e. The molecule has 1 aromatic rings. The van der Waals surface area contributed by atoms with Gasteiger partial charge < -0.3 is 4.74 Å².